The summed E-state index contributed by atoms with van der Waals surface area (Å²) >= 11 is 0. The minimum Gasteiger partial charge on any atom is -0.461 e. The lowest BCUT2D eigenvalue weighted by Gasteiger charge is -2.05. The normalized spacial score (nSPS) is 10.1. The van der Waals surface area contributed by atoms with Gasteiger partial charge in [0.1, 0.15) is 6.61 Å². The third-order valence-electron chi connectivity index (χ3n) is 2.71. The number of anilines is 2. The van der Waals surface area contributed by atoms with E-state index in [2.05, 4.69) is 0 Å². The van der Waals surface area contributed by atoms with Gasteiger partial charge in [-0.15, -0.1) is 0 Å². The number of nitrogen functional groups attached to an aromatic ring is 2. The standard InChI is InChI=1S/C15H16N2O2/c16-13-5-1-11(2-6-13)9-15(18)19-10-12-3-7-14(17)8-4-12/h1-8H,9-10,16-17H2. The van der Waals surface area contributed by atoms with Crippen LogP contribution in [0.3, 0.4) is 0 Å². The van der Waals surface area contributed by atoms with Gasteiger partial charge in [-0.2, -0.15) is 0 Å². The van der Waals surface area contributed by atoms with Gasteiger partial charge in [-0.3, -0.25) is 4.79 Å². The number of carbonyl (C=O) groups excluding carboxylic acids is 1. The van der Waals surface area contributed by atoms with E-state index in [-0.39, 0.29) is 19.0 Å². The lowest BCUT2D eigenvalue weighted by atomic mass is 10.1. The van der Waals surface area contributed by atoms with E-state index in [4.69, 9.17) is 16.2 Å². The van der Waals surface area contributed by atoms with E-state index in [0.717, 1.165) is 11.1 Å². The molecule has 0 aliphatic heterocycles. The summed E-state index contributed by atoms with van der Waals surface area (Å²) in [7, 11) is 0. The van der Waals surface area contributed by atoms with Crippen LogP contribution in [0.5, 0.6) is 0 Å². The van der Waals surface area contributed by atoms with Gasteiger partial charge in [-0.05, 0) is 35.4 Å². The molecule has 0 aliphatic rings. The molecule has 2 aromatic carbocycles. The third-order valence-corrected chi connectivity index (χ3v) is 2.71. The van der Waals surface area contributed by atoms with Gasteiger partial charge < -0.3 is 16.2 Å². The van der Waals surface area contributed by atoms with E-state index in [1.165, 1.54) is 0 Å². The SMILES string of the molecule is Nc1ccc(COC(=O)Cc2ccc(N)cc2)cc1. The summed E-state index contributed by atoms with van der Waals surface area (Å²) in [4.78, 5) is 11.7. The summed E-state index contributed by atoms with van der Waals surface area (Å²) < 4.78 is 5.19. The first-order valence-corrected chi connectivity index (χ1v) is 5.98. The van der Waals surface area contributed by atoms with E-state index in [1.807, 2.05) is 24.3 Å². The Kier molecular flexibility index (Phi) is 4.03. The first-order valence-electron chi connectivity index (χ1n) is 5.98. The Bertz CT molecular complexity index is 547. The lowest BCUT2D eigenvalue weighted by Crippen LogP contribution is -2.08. The predicted octanol–water partition coefficient (Wildman–Crippen LogP) is 2.14. The van der Waals surface area contributed by atoms with Crippen LogP contribution in [0.25, 0.3) is 0 Å². The molecule has 0 spiro atoms. The molecule has 19 heavy (non-hydrogen) atoms. The van der Waals surface area contributed by atoms with E-state index >= 15 is 0 Å². The van der Waals surface area contributed by atoms with Crippen molar-refractivity contribution in [3.05, 3.63) is 59.7 Å². The van der Waals surface area contributed by atoms with Crippen LogP contribution in [0, 0.1) is 0 Å². The molecular formula is C15H16N2O2. The molecule has 4 heteroatoms. The van der Waals surface area contributed by atoms with Gasteiger partial charge >= 0.3 is 5.97 Å². The van der Waals surface area contributed by atoms with E-state index in [9.17, 15) is 4.79 Å². The molecule has 0 radical (unpaired) electrons. The van der Waals surface area contributed by atoms with Crippen molar-refractivity contribution in [2.75, 3.05) is 11.5 Å². The van der Waals surface area contributed by atoms with Crippen molar-refractivity contribution in [2.24, 2.45) is 0 Å². The molecule has 0 fully saturated rings. The van der Waals surface area contributed by atoms with E-state index in [0.29, 0.717) is 11.4 Å². The molecule has 4 N–H and O–H groups in total. The molecule has 2 aromatic rings. The topological polar surface area (TPSA) is 78.3 Å². The minimum absolute atomic E-state index is 0.245. The smallest absolute Gasteiger partial charge is 0.310 e. The molecule has 0 saturated carbocycles. The number of nitrogens with two attached hydrogens (primary N) is 2. The number of hydrogen-bond donors (Lipinski definition) is 2. The number of ether oxygens (including phenoxy) is 1. The zero-order valence-corrected chi connectivity index (χ0v) is 10.5. The van der Waals surface area contributed by atoms with Crippen LogP contribution >= 0.6 is 0 Å². The molecule has 0 bridgehead atoms. The van der Waals surface area contributed by atoms with Crippen LogP contribution in [0.15, 0.2) is 48.5 Å². The van der Waals surface area contributed by atoms with Crippen LogP contribution in [0.4, 0.5) is 11.4 Å². The molecule has 0 saturated heterocycles. The van der Waals surface area contributed by atoms with Gasteiger partial charge in [-0.1, -0.05) is 24.3 Å². The van der Waals surface area contributed by atoms with Crippen LogP contribution in [0.2, 0.25) is 0 Å². The highest BCUT2D eigenvalue weighted by molar-refractivity contribution is 5.72. The maximum atomic E-state index is 11.7. The summed E-state index contributed by atoms with van der Waals surface area (Å²) in [5.41, 5.74) is 14.3. The second-order valence-corrected chi connectivity index (χ2v) is 4.32. The van der Waals surface area contributed by atoms with Gasteiger partial charge in [0.2, 0.25) is 0 Å². The molecule has 2 rings (SSSR count). The number of rotatable bonds is 4. The summed E-state index contributed by atoms with van der Waals surface area (Å²) in [6.07, 6.45) is 0.245. The fourth-order valence-corrected chi connectivity index (χ4v) is 1.63. The fraction of sp³-hybridized carbons (Fsp3) is 0.133. The highest BCUT2D eigenvalue weighted by Crippen LogP contribution is 2.09. The predicted molar refractivity (Wildman–Crippen MR) is 75.2 cm³/mol. The highest BCUT2D eigenvalue weighted by atomic mass is 16.5. The number of carbonyl (C=O) groups is 1. The molecule has 98 valence electrons. The van der Waals surface area contributed by atoms with Crippen LogP contribution < -0.4 is 11.5 Å². The molecule has 0 aliphatic carbocycles. The number of benzene rings is 2. The van der Waals surface area contributed by atoms with Gasteiger partial charge in [0.15, 0.2) is 0 Å². The Morgan fingerprint density at radius 1 is 0.842 bits per heavy atom. The van der Waals surface area contributed by atoms with Crippen molar-refractivity contribution >= 4 is 17.3 Å². The molecule has 0 atom stereocenters. The maximum absolute atomic E-state index is 11.7. The largest absolute Gasteiger partial charge is 0.461 e. The molecular weight excluding hydrogens is 240 g/mol. The van der Waals surface area contributed by atoms with E-state index < -0.39 is 0 Å². The number of hydrogen-bond acceptors (Lipinski definition) is 4. The zero-order valence-electron chi connectivity index (χ0n) is 10.5. The third kappa shape index (κ3) is 4.03. The summed E-state index contributed by atoms with van der Waals surface area (Å²) in [6, 6.07) is 14.4. The zero-order chi connectivity index (χ0) is 13.7. The van der Waals surface area contributed by atoms with Crippen molar-refractivity contribution in [1.82, 2.24) is 0 Å². The van der Waals surface area contributed by atoms with Crippen molar-refractivity contribution in [2.45, 2.75) is 13.0 Å². The second kappa shape index (κ2) is 5.91. The van der Waals surface area contributed by atoms with Crippen LogP contribution in [-0.4, -0.2) is 5.97 Å². The Labute approximate surface area is 112 Å². The summed E-state index contributed by atoms with van der Waals surface area (Å²) in [5.74, 6) is -0.262. The molecule has 0 aromatic heterocycles. The maximum Gasteiger partial charge on any atom is 0.310 e. The first kappa shape index (κ1) is 13.0. The monoisotopic (exact) mass is 256 g/mol. The Balaban J connectivity index is 1.84. The summed E-state index contributed by atoms with van der Waals surface area (Å²) in [5, 5.41) is 0. The molecule has 0 amide bonds. The molecule has 4 nitrogen and oxygen atoms in total. The minimum atomic E-state index is -0.262. The van der Waals surface area contributed by atoms with E-state index in [1.54, 1.807) is 24.3 Å². The van der Waals surface area contributed by atoms with Gasteiger partial charge in [0, 0.05) is 11.4 Å². The van der Waals surface area contributed by atoms with Crippen molar-refractivity contribution in [3.63, 3.8) is 0 Å². The Morgan fingerprint density at radius 2 is 1.32 bits per heavy atom. The van der Waals surface area contributed by atoms with Gasteiger partial charge in [0.05, 0.1) is 6.42 Å². The van der Waals surface area contributed by atoms with Gasteiger partial charge in [-0.25, -0.2) is 0 Å². The lowest BCUT2D eigenvalue weighted by molar-refractivity contribution is -0.144. The average Bonchev–Trinajstić information content (AvgIpc) is 2.41. The second-order valence-electron chi connectivity index (χ2n) is 4.32. The number of esters is 1. The quantitative estimate of drug-likeness (QED) is 0.649. The van der Waals surface area contributed by atoms with Crippen LogP contribution in [0.1, 0.15) is 11.1 Å². The summed E-state index contributed by atoms with van der Waals surface area (Å²) in [6.45, 7) is 0.258. The average molecular weight is 256 g/mol. The molecule has 0 unspecified atom stereocenters. The van der Waals surface area contributed by atoms with Crippen molar-refractivity contribution in [1.29, 1.82) is 0 Å². The highest BCUT2D eigenvalue weighted by Gasteiger charge is 2.05. The van der Waals surface area contributed by atoms with Crippen molar-refractivity contribution < 1.29 is 9.53 Å². The van der Waals surface area contributed by atoms with Crippen LogP contribution in [-0.2, 0) is 22.6 Å². The van der Waals surface area contributed by atoms with Gasteiger partial charge in [0.25, 0.3) is 0 Å². The Morgan fingerprint density at radius 3 is 1.84 bits per heavy atom. The fourth-order valence-electron chi connectivity index (χ4n) is 1.63. The van der Waals surface area contributed by atoms with Crippen molar-refractivity contribution in [3.8, 4) is 0 Å². The molecule has 0 heterocycles. The Hall–Kier alpha value is -2.49. The first-order chi connectivity index (χ1) is 9.13.